The van der Waals surface area contributed by atoms with Crippen molar-refractivity contribution < 1.29 is 0 Å². The minimum atomic E-state index is 0.143. The highest BCUT2D eigenvalue weighted by molar-refractivity contribution is 5.68. The van der Waals surface area contributed by atoms with Gasteiger partial charge in [-0.1, -0.05) is 55.5 Å². The Morgan fingerprint density at radius 1 is 1.00 bits per heavy atom. The lowest BCUT2D eigenvalue weighted by atomic mass is 10.0. The molecule has 2 N–H and O–H groups in total. The van der Waals surface area contributed by atoms with Crippen LogP contribution in [0.25, 0.3) is 22.6 Å². The molecule has 0 radical (unpaired) electrons. The van der Waals surface area contributed by atoms with E-state index < -0.39 is 0 Å². The molecule has 0 aliphatic rings. The number of aromatic nitrogens is 5. The molecule has 2 aromatic heterocycles. The van der Waals surface area contributed by atoms with Gasteiger partial charge in [-0.2, -0.15) is 5.26 Å². The van der Waals surface area contributed by atoms with Crippen molar-refractivity contribution >= 4 is 5.95 Å². The largest absolute Gasteiger partial charge is 0.368 e. The molecule has 0 aliphatic heterocycles. The Kier molecular flexibility index (Phi) is 5.22. The predicted octanol–water partition coefficient (Wildman–Crippen LogP) is 4.03. The van der Waals surface area contributed by atoms with Gasteiger partial charge < -0.3 is 5.73 Å². The zero-order chi connectivity index (χ0) is 21.1. The predicted molar refractivity (Wildman–Crippen MR) is 115 cm³/mol. The number of nitrogens with two attached hydrogens (primary N) is 1. The third-order valence-electron chi connectivity index (χ3n) is 4.79. The number of hydrogen-bond acceptors (Lipinski definition) is 6. The molecular formula is C23H21N7. The lowest BCUT2D eigenvalue weighted by Crippen LogP contribution is -2.01. The van der Waals surface area contributed by atoms with E-state index in [0.29, 0.717) is 35.1 Å². The lowest BCUT2D eigenvalue weighted by molar-refractivity contribution is 0.648. The smallest absolute Gasteiger partial charge is 0.221 e. The van der Waals surface area contributed by atoms with Gasteiger partial charge in [-0.15, -0.1) is 5.10 Å². The molecule has 148 valence electrons. The zero-order valence-electron chi connectivity index (χ0n) is 16.8. The molecule has 0 fully saturated rings. The first kappa shape index (κ1) is 19.3. The van der Waals surface area contributed by atoms with E-state index >= 15 is 0 Å². The quantitative estimate of drug-likeness (QED) is 0.547. The van der Waals surface area contributed by atoms with E-state index in [4.69, 9.17) is 11.0 Å². The molecule has 4 rings (SSSR count). The van der Waals surface area contributed by atoms with E-state index in [0.717, 1.165) is 11.1 Å². The lowest BCUT2D eigenvalue weighted by Gasteiger charge is -2.08. The average Bonchev–Trinajstić information content (AvgIpc) is 3.22. The molecule has 0 aliphatic carbocycles. The van der Waals surface area contributed by atoms with Crippen LogP contribution in [0.2, 0.25) is 0 Å². The normalized spacial score (nSPS) is 10.9. The maximum absolute atomic E-state index is 9.14. The second-order valence-electron chi connectivity index (χ2n) is 7.39. The van der Waals surface area contributed by atoms with E-state index in [1.54, 1.807) is 22.9 Å². The molecular weight excluding hydrogens is 374 g/mol. The Labute approximate surface area is 174 Å². The van der Waals surface area contributed by atoms with Crippen molar-refractivity contribution in [2.45, 2.75) is 26.3 Å². The molecule has 0 atom stereocenters. The highest BCUT2D eigenvalue weighted by Crippen LogP contribution is 2.24. The summed E-state index contributed by atoms with van der Waals surface area (Å²) in [7, 11) is 0. The van der Waals surface area contributed by atoms with Gasteiger partial charge in [-0.05, 0) is 35.2 Å². The fourth-order valence-corrected chi connectivity index (χ4v) is 3.22. The monoisotopic (exact) mass is 395 g/mol. The number of anilines is 1. The van der Waals surface area contributed by atoms with Crippen LogP contribution < -0.4 is 5.73 Å². The molecule has 0 spiro atoms. The molecule has 4 aromatic rings. The first-order valence-corrected chi connectivity index (χ1v) is 9.66. The summed E-state index contributed by atoms with van der Waals surface area (Å²) >= 11 is 0. The Balaban J connectivity index is 1.63. The maximum atomic E-state index is 9.14. The van der Waals surface area contributed by atoms with Crippen molar-refractivity contribution in [2.75, 3.05) is 5.73 Å². The van der Waals surface area contributed by atoms with Crippen LogP contribution in [0.1, 0.15) is 36.5 Å². The third-order valence-corrected chi connectivity index (χ3v) is 4.79. The third kappa shape index (κ3) is 4.18. The summed E-state index contributed by atoms with van der Waals surface area (Å²) in [5, 5.41) is 17.6. The van der Waals surface area contributed by atoms with Gasteiger partial charge in [0.05, 0.1) is 35.8 Å². The van der Waals surface area contributed by atoms with Gasteiger partial charge in [0.2, 0.25) is 5.95 Å². The molecule has 0 amide bonds. The van der Waals surface area contributed by atoms with Gasteiger partial charge in [0.15, 0.2) is 0 Å². The topological polar surface area (TPSA) is 106 Å². The van der Waals surface area contributed by atoms with Crippen molar-refractivity contribution in [3.05, 3.63) is 77.5 Å². The van der Waals surface area contributed by atoms with Gasteiger partial charge in [0, 0.05) is 5.56 Å². The van der Waals surface area contributed by atoms with Crippen LogP contribution in [0.4, 0.5) is 5.95 Å². The van der Waals surface area contributed by atoms with Crippen LogP contribution in [0.3, 0.4) is 0 Å². The van der Waals surface area contributed by atoms with Crippen molar-refractivity contribution in [1.29, 1.82) is 5.26 Å². The Hall–Kier alpha value is -4.05. The number of nitrogens with zero attached hydrogens (tertiary/aromatic N) is 6. The first-order valence-electron chi connectivity index (χ1n) is 9.66. The van der Waals surface area contributed by atoms with Gasteiger partial charge in [0.25, 0.3) is 0 Å². The fraction of sp³-hybridized carbons (Fsp3) is 0.174. The highest BCUT2D eigenvalue weighted by atomic mass is 15.4. The van der Waals surface area contributed by atoms with Crippen LogP contribution in [-0.4, -0.2) is 25.0 Å². The summed E-state index contributed by atoms with van der Waals surface area (Å²) in [5.74, 6) is 0.613. The van der Waals surface area contributed by atoms with E-state index in [1.165, 1.54) is 5.56 Å². The molecule has 0 bridgehead atoms. The second-order valence-corrected chi connectivity index (χ2v) is 7.39. The summed E-state index contributed by atoms with van der Waals surface area (Å²) < 4.78 is 1.78. The summed E-state index contributed by atoms with van der Waals surface area (Å²) in [6, 6.07) is 19.6. The van der Waals surface area contributed by atoms with Crippen LogP contribution in [0.5, 0.6) is 0 Å². The van der Waals surface area contributed by atoms with Crippen molar-refractivity contribution in [3.63, 3.8) is 0 Å². The molecule has 0 saturated heterocycles. The second kappa shape index (κ2) is 8.13. The average molecular weight is 395 g/mol. The van der Waals surface area contributed by atoms with Crippen molar-refractivity contribution in [3.8, 4) is 28.7 Å². The summed E-state index contributed by atoms with van der Waals surface area (Å²) in [6.07, 6.45) is 1.85. The molecule has 7 nitrogen and oxygen atoms in total. The fourth-order valence-electron chi connectivity index (χ4n) is 3.22. The number of nitriles is 1. The van der Waals surface area contributed by atoms with E-state index in [-0.39, 0.29) is 5.95 Å². The van der Waals surface area contributed by atoms with Crippen LogP contribution in [0, 0.1) is 11.3 Å². The van der Waals surface area contributed by atoms with E-state index in [2.05, 4.69) is 64.5 Å². The SMILES string of the molecule is CC(C)c1cccc(Cn2cc(-c3cc(-c4cccc(C#N)c4)nc(N)n3)nn2)c1. The summed E-state index contributed by atoms with van der Waals surface area (Å²) in [6.45, 7) is 4.97. The number of nitrogen functional groups attached to an aromatic ring is 1. The number of rotatable bonds is 5. The van der Waals surface area contributed by atoms with Crippen LogP contribution in [-0.2, 0) is 6.54 Å². The number of benzene rings is 2. The van der Waals surface area contributed by atoms with Crippen molar-refractivity contribution in [2.24, 2.45) is 0 Å². The van der Waals surface area contributed by atoms with Gasteiger partial charge >= 0.3 is 0 Å². The summed E-state index contributed by atoms with van der Waals surface area (Å²) in [4.78, 5) is 8.62. The van der Waals surface area contributed by atoms with Gasteiger partial charge in [-0.25, -0.2) is 14.6 Å². The van der Waals surface area contributed by atoms with Crippen LogP contribution >= 0.6 is 0 Å². The van der Waals surface area contributed by atoms with Crippen molar-refractivity contribution in [1.82, 2.24) is 25.0 Å². The molecule has 0 saturated carbocycles. The molecule has 2 heterocycles. The maximum Gasteiger partial charge on any atom is 0.221 e. The molecule has 2 aromatic carbocycles. The minimum absolute atomic E-state index is 0.143. The highest BCUT2D eigenvalue weighted by Gasteiger charge is 2.11. The minimum Gasteiger partial charge on any atom is -0.368 e. The Morgan fingerprint density at radius 3 is 2.60 bits per heavy atom. The Morgan fingerprint density at radius 2 is 1.80 bits per heavy atom. The Bertz CT molecular complexity index is 1230. The van der Waals surface area contributed by atoms with E-state index in [9.17, 15) is 0 Å². The van der Waals surface area contributed by atoms with E-state index in [1.807, 2.05) is 18.3 Å². The molecule has 30 heavy (non-hydrogen) atoms. The molecule has 7 heteroatoms. The van der Waals surface area contributed by atoms with Gasteiger partial charge in [-0.3, -0.25) is 0 Å². The first-order chi connectivity index (χ1) is 14.5. The number of hydrogen-bond donors (Lipinski definition) is 1. The standard InChI is InChI=1S/C23H21N7/c1-15(2)18-7-4-6-17(10-18)13-30-14-22(28-29-30)21-11-20(26-23(25)27-21)19-8-3-5-16(9-19)12-24/h3-11,14-15H,13H2,1-2H3,(H2,25,26,27). The van der Waals surface area contributed by atoms with Crippen LogP contribution in [0.15, 0.2) is 60.8 Å². The molecule has 0 unspecified atom stereocenters. The zero-order valence-corrected chi connectivity index (χ0v) is 16.8. The summed E-state index contributed by atoms with van der Waals surface area (Å²) in [5.41, 5.74) is 11.6. The van der Waals surface area contributed by atoms with Gasteiger partial charge in [0.1, 0.15) is 5.69 Å².